The maximum Gasteiger partial charge on any atom is 0.303 e. The van der Waals surface area contributed by atoms with Gasteiger partial charge in [0.05, 0.1) is 0 Å². The maximum atomic E-state index is 12.8. The standard InChI is InChI=1S/C43H77NO3/c1-4-6-8-10-12-14-16-18-20-22-24-26-28-30-32-34-37-41(44(3)42(45)39-36-40-43(46)47)38-35-33-31-29-27-25-23-21-19-17-15-13-11-9-7-5-2/h12-15,18-21,41H,4-11,16-17,22-40H2,1-3H3,(H,46,47)/b14-12-,15-13-,20-18-,21-19-. The molecule has 1 N–H and O–H groups in total. The average Bonchev–Trinajstić information content (AvgIpc) is 3.06. The van der Waals surface area contributed by atoms with Gasteiger partial charge in [-0.1, -0.05) is 152 Å². The van der Waals surface area contributed by atoms with E-state index in [1.807, 2.05) is 11.9 Å². The smallest absolute Gasteiger partial charge is 0.303 e. The summed E-state index contributed by atoms with van der Waals surface area (Å²) in [6.07, 6.45) is 51.5. The molecule has 0 radical (unpaired) electrons. The number of carboxylic acid groups (broad SMARTS) is 1. The molecular weight excluding hydrogens is 578 g/mol. The summed E-state index contributed by atoms with van der Waals surface area (Å²) in [6.45, 7) is 4.50. The van der Waals surface area contributed by atoms with Crippen LogP contribution in [0.15, 0.2) is 48.6 Å². The van der Waals surface area contributed by atoms with E-state index in [9.17, 15) is 9.59 Å². The molecule has 0 unspecified atom stereocenters. The summed E-state index contributed by atoms with van der Waals surface area (Å²) in [6, 6.07) is 0.281. The first-order chi connectivity index (χ1) is 23.0. The highest BCUT2D eigenvalue weighted by molar-refractivity contribution is 5.77. The Bertz CT molecular complexity index is 764. The molecule has 0 aliphatic rings. The second-order valence-corrected chi connectivity index (χ2v) is 13.7. The molecule has 0 atom stereocenters. The van der Waals surface area contributed by atoms with Gasteiger partial charge in [0.2, 0.25) is 5.91 Å². The molecule has 4 heteroatoms. The van der Waals surface area contributed by atoms with E-state index in [0.717, 1.165) is 25.7 Å². The lowest BCUT2D eigenvalue weighted by atomic mass is 9.98. The van der Waals surface area contributed by atoms with Crippen molar-refractivity contribution in [3.05, 3.63) is 48.6 Å². The fourth-order valence-electron chi connectivity index (χ4n) is 6.04. The van der Waals surface area contributed by atoms with Crippen LogP contribution in [0.4, 0.5) is 0 Å². The van der Waals surface area contributed by atoms with E-state index in [0.29, 0.717) is 12.8 Å². The summed E-state index contributed by atoms with van der Waals surface area (Å²) in [5, 5.41) is 8.96. The van der Waals surface area contributed by atoms with Crippen molar-refractivity contribution in [3.63, 3.8) is 0 Å². The number of nitrogens with zero attached hydrogens (tertiary/aromatic N) is 1. The van der Waals surface area contributed by atoms with Crippen LogP contribution in [0.25, 0.3) is 0 Å². The molecule has 0 heterocycles. The third-order valence-corrected chi connectivity index (χ3v) is 9.20. The molecule has 0 aromatic heterocycles. The Morgan fingerprint density at radius 1 is 0.489 bits per heavy atom. The number of unbranched alkanes of at least 4 members (excludes halogenated alkanes) is 18. The van der Waals surface area contributed by atoms with E-state index in [1.165, 1.54) is 141 Å². The molecule has 272 valence electrons. The van der Waals surface area contributed by atoms with Gasteiger partial charge in [-0.05, 0) is 83.5 Å². The van der Waals surface area contributed by atoms with Gasteiger partial charge in [0.25, 0.3) is 0 Å². The monoisotopic (exact) mass is 656 g/mol. The Balaban J connectivity index is 4.16. The molecule has 0 aromatic carbocycles. The number of hydrogen-bond donors (Lipinski definition) is 1. The number of carbonyl (C=O) groups is 2. The Hall–Kier alpha value is -2.10. The lowest BCUT2D eigenvalue weighted by Gasteiger charge is -2.29. The highest BCUT2D eigenvalue weighted by atomic mass is 16.4. The number of hydrogen-bond acceptors (Lipinski definition) is 2. The first kappa shape index (κ1) is 44.9. The lowest BCUT2D eigenvalue weighted by Crippen LogP contribution is -2.37. The van der Waals surface area contributed by atoms with Crippen LogP contribution in [0.2, 0.25) is 0 Å². The zero-order chi connectivity index (χ0) is 34.5. The molecule has 0 aliphatic heterocycles. The summed E-state index contributed by atoms with van der Waals surface area (Å²) in [5.74, 6) is -0.712. The molecule has 0 saturated carbocycles. The number of allylic oxidation sites excluding steroid dienone is 8. The van der Waals surface area contributed by atoms with E-state index in [-0.39, 0.29) is 18.4 Å². The molecule has 0 bridgehead atoms. The predicted molar refractivity (Wildman–Crippen MR) is 206 cm³/mol. The molecule has 0 spiro atoms. The first-order valence-electron chi connectivity index (χ1n) is 20.1. The zero-order valence-corrected chi connectivity index (χ0v) is 31.4. The van der Waals surface area contributed by atoms with Crippen molar-refractivity contribution >= 4 is 11.9 Å². The lowest BCUT2D eigenvalue weighted by molar-refractivity contribution is -0.137. The van der Waals surface area contributed by atoms with Crippen molar-refractivity contribution in [2.45, 2.75) is 206 Å². The van der Waals surface area contributed by atoms with Crippen molar-refractivity contribution in [2.75, 3.05) is 7.05 Å². The highest BCUT2D eigenvalue weighted by Crippen LogP contribution is 2.20. The van der Waals surface area contributed by atoms with Gasteiger partial charge in [-0.3, -0.25) is 9.59 Å². The van der Waals surface area contributed by atoms with Gasteiger partial charge < -0.3 is 10.0 Å². The van der Waals surface area contributed by atoms with Crippen LogP contribution in [0, 0.1) is 0 Å². The Morgan fingerprint density at radius 3 is 1.23 bits per heavy atom. The minimum absolute atomic E-state index is 0.0716. The molecule has 0 fully saturated rings. The number of aliphatic carboxylic acids is 1. The number of carbonyl (C=O) groups excluding carboxylic acids is 1. The highest BCUT2D eigenvalue weighted by Gasteiger charge is 2.19. The van der Waals surface area contributed by atoms with Gasteiger partial charge in [0.15, 0.2) is 0 Å². The number of amides is 1. The fourth-order valence-corrected chi connectivity index (χ4v) is 6.04. The van der Waals surface area contributed by atoms with E-state index in [1.54, 1.807) is 0 Å². The summed E-state index contributed by atoms with van der Waals surface area (Å²) in [7, 11) is 1.94. The van der Waals surface area contributed by atoms with Gasteiger partial charge in [-0.25, -0.2) is 0 Å². The average molecular weight is 656 g/mol. The predicted octanol–water partition coefficient (Wildman–Crippen LogP) is 13.5. The van der Waals surface area contributed by atoms with Crippen LogP contribution >= 0.6 is 0 Å². The Kier molecular flexibility index (Phi) is 35.1. The van der Waals surface area contributed by atoms with E-state index in [4.69, 9.17) is 5.11 Å². The van der Waals surface area contributed by atoms with Crippen molar-refractivity contribution in [1.29, 1.82) is 0 Å². The normalized spacial score (nSPS) is 12.2. The molecule has 0 rings (SSSR count). The van der Waals surface area contributed by atoms with Gasteiger partial charge >= 0.3 is 5.97 Å². The van der Waals surface area contributed by atoms with Crippen LogP contribution in [0.5, 0.6) is 0 Å². The second-order valence-electron chi connectivity index (χ2n) is 13.7. The summed E-state index contributed by atoms with van der Waals surface area (Å²) < 4.78 is 0. The third-order valence-electron chi connectivity index (χ3n) is 9.20. The molecule has 0 saturated heterocycles. The van der Waals surface area contributed by atoms with Gasteiger partial charge in [0, 0.05) is 25.9 Å². The minimum atomic E-state index is -0.820. The Morgan fingerprint density at radius 2 is 0.851 bits per heavy atom. The van der Waals surface area contributed by atoms with Gasteiger partial charge in [-0.15, -0.1) is 0 Å². The topological polar surface area (TPSA) is 57.6 Å². The molecular formula is C43H77NO3. The quantitative estimate of drug-likeness (QED) is 0.0546. The summed E-state index contributed by atoms with van der Waals surface area (Å²) in [5.41, 5.74) is 0. The van der Waals surface area contributed by atoms with Crippen molar-refractivity contribution in [2.24, 2.45) is 0 Å². The SMILES string of the molecule is CCCCC/C=C\C/C=C\CCCCCCCCC(CCCCCCCC/C=C\C/C=C\CCCCC)N(C)C(=O)CCCC(=O)O. The molecule has 0 aliphatic carbocycles. The molecule has 1 amide bonds. The van der Waals surface area contributed by atoms with Crippen molar-refractivity contribution < 1.29 is 14.7 Å². The largest absolute Gasteiger partial charge is 0.481 e. The molecule has 0 aromatic rings. The summed E-state index contributed by atoms with van der Waals surface area (Å²) in [4.78, 5) is 25.7. The Labute approximate surface area is 292 Å². The van der Waals surface area contributed by atoms with Crippen LogP contribution in [-0.4, -0.2) is 35.0 Å². The van der Waals surface area contributed by atoms with Gasteiger partial charge in [0.1, 0.15) is 0 Å². The number of rotatable bonds is 35. The second kappa shape index (κ2) is 36.7. The van der Waals surface area contributed by atoms with Crippen LogP contribution < -0.4 is 0 Å². The van der Waals surface area contributed by atoms with E-state index < -0.39 is 5.97 Å². The zero-order valence-electron chi connectivity index (χ0n) is 31.4. The third kappa shape index (κ3) is 33.6. The van der Waals surface area contributed by atoms with E-state index in [2.05, 4.69) is 62.5 Å². The van der Waals surface area contributed by atoms with Crippen molar-refractivity contribution in [3.8, 4) is 0 Å². The van der Waals surface area contributed by atoms with Crippen molar-refractivity contribution in [1.82, 2.24) is 4.90 Å². The molecule has 47 heavy (non-hydrogen) atoms. The maximum absolute atomic E-state index is 12.8. The number of carboxylic acids is 1. The van der Waals surface area contributed by atoms with E-state index >= 15 is 0 Å². The van der Waals surface area contributed by atoms with Gasteiger partial charge in [-0.2, -0.15) is 0 Å². The first-order valence-corrected chi connectivity index (χ1v) is 20.1. The molecule has 4 nitrogen and oxygen atoms in total. The van der Waals surface area contributed by atoms with Crippen LogP contribution in [0.1, 0.15) is 200 Å². The fraction of sp³-hybridized carbons (Fsp3) is 0.767. The van der Waals surface area contributed by atoms with Crippen LogP contribution in [0.3, 0.4) is 0 Å². The summed E-state index contributed by atoms with van der Waals surface area (Å²) >= 11 is 0. The van der Waals surface area contributed by atoms with Crippen LogP contribution in [-0.2, 0) is 9.59 Å². The minimum Gasteiger partial charge on any atom is -0.481 e.